The molecule has 208 valence electrons. The van der Waals surface area contributed by atoms with E-state index in [1.54, 1.807) is 11.9 Å². The molecule has 1 atom stereocenters. The second-order valence-corrected chi connectivity index (χ2v) is 11.4. The van der Waals surface area contributed by atoms with Gasteiger partial charge in [-0.05, 0) is 64.5 Å². The van der Waals surface area contributed by atoms with Gasteiger partial charge < -0.3 is 9.64 Å². The minimum atomic E-state index is -0.721. The lowest BCUT2D eigenvalue weighted by Crippen LogP contribution is -2.44. The number of fused-ring (bicyclic) bond motifs is 1. The van der Waals surface area contributed by atoms with Gasteiger partial charge in [0.25, 0.3) is 0 Å². The van der Waals surface area contributed by atoms with Gasteiger partial charge in [0.15, 0.2) is 0 Å². The van der Waals surface area contributed by atoms with Crippen molar-refractivity contribution < 1.29 is 19.1 Å². The number of likely N-dealkylation sites (tertiary alicyclic amines) is 1. The maximum absolute atomic E-state index is 13.0. The third-order valence-electron chi connectivity index (χ3n) is 7.48. The third kappa shape index (κ3) is 5.59. The van der Waals surface area contributed by atoms with E-state index < -0.39 is 17.6 Å². The van der Waals surface area contributed by atoms with Crippen LogP contribution in [0.1, 0.15) is 58.9 Å². The van der Waals surface area contributed by atoms with Gasteiger partial charge in [0.1, 0.15) is 17.3 Å². The number of nitrogens with one attached hydrogen (secondary N) is 1. The van der Waals surface area contributed by atoms with Crippen LogP contribution in [0.2, 0.25) is 0 Å². The molecular weight excluding hydrogens is 502 g/mol. The molecule has 1 unspecified atom stereocenters. The van der Waals surface area contributed by atoms with Crippen molar-refractivity contribution in [3.63, 3.8) is 0 Å². The zero-order valence-corrected chi connectivity index (χ0v) is 22.8. The number of hydrogen-bond donors (Lipinski definition) is 1. The highest BCUT2D eigenvalue weighted by Gasteiger charge is 2.31. The van der Waals surface area contributed by atoms with E-state index in [0.29, 0.717) is 42.2 Å². The van der Waals surface area contributed by atoms with Gasteiger partial charge in [-0.3, -0.25) is 28.7 Å². The van der Waals surface area contributed by atoms with Crippen LogP contribution < -0.4 is 11.0 Å². The molecule has 2 fully saturated rings. The van der Waals surface area contributed by atoms with Crippen LogP contribution in [0.4, 0.5) is 4.79 Å². The lowest BCUT2D eigenvalue weighted by atomic mass is 9.94. The Morgan fingerprint density at radius 2 is 1.85 bits per heavy atom. The number of aromatic nitrogens is 5. The van der Waals surface area contributed by atoms with Crippen molar-refractivity contribution in [2.75, 3.05) is 13.1 Å². The average molecular weight is 538 g/mol. The number of carbonyl (C=O) groups excluding carboxylic acids is 3. The lowest BCUT2D eigenvalue weighted by Gasteiger charge is -2.33. The Morgan fingerprint density at radius 3 is 2.54 bits per heavy atom. The van der Waals surface area contributed by atoms with Gasteiger partial charge in [0, 0.05) is 38.7 Å². The summed E-state index contributed by atoms with van der Waals surface area (Å²) in [5.74, 6) is -0.279. The fraction of sp³-hybridized carbons (Fsp3) is 0.556. The van der Waals surface area contributed by atoms with E-state index >= 15 is 0 Å². The predicted octanol–water partition coefficient (Wildman–Crippen LogP) is 2.61. The normalized spacial score (nSPS) is 19.0. The van der Waals surface area contributed by atoms with E-state index in [0.717, 1.165) is 31.4 Å². The molecule has 12 heteroatoms. The van der Waals surface area contributed by atoms with Crippen molar-refractivity contribution in [3.05, 3.63) is 34.9 Å². The first-order valence-corrected chi connectivity index (χ1v) is 13.4. The molecule has 0 radical (unpaired) electrons. The lowest BCUT2D eigenvalue weighted by molar-refractivity contribution is -0.135. The molecule has 0 spiro atoms. The number of carbonyl (C=O) groups is 3. The van der Waals surface area contributed by atoms with E-state index in [-0.39, 0.29) is 24.1 Å². The summed E-state index contributed by atoms with van der Waals surface area (Å²) in [6.07, 6.45) is 4.93. The highest BCUT2D eigenvalue weighted by Crippen LogP contribution is 2.27. The SMILES string of the molecule is Cn1c(=O)n(C2CCC(=O)NC2=O)c2ccc(-c3cn(CCC4CCN(C(=O)OC(C)(C)C)CC4)nn3)cc21. The van der Waals surface area contributed by atoms with E-state index in [2.05, 4.69) is 15.6 Å². The maximum Gasteiger partial charge on any atom is 0.410 e. The summed E-state index contributed by atoms with van der Waals surface area (Å²) in [6.45, 7) is 7.73. The summed E-state index contributed by atoms with van der Waals surface area (Å²) in [4.78, 5) is 51.1. The van der Waals surface area contributed by atoms with Crippen LogP contribution in [-0.4, -0.2) is 65.6 Å². The molecule has 2 aliphatic heterocycles. The van der Waals surface area contributed by atoms with Gasteiger partial charge in [-0.25, -0.2) is 9.59 Å². The fourth-order valence-electron chi connectivity index (χ4n) is 5.34. The van der Waals surface area contributed by atoms with Crippen LogP contribution in [0.25, 0.3) is 22.3 Å². The quantitative estimate of drug-likeness (QED) is 0.495. The highest BCUT2D eigenvalue weighted by molar-refractivity contribution is 6.00. The Labute approximate surface area is 225 Å². The van der Waals surface area contributed by atoms with Gasteiger partial charge in [0.2, 0.25) is 11.8 Å². The van der Waals surface area contributed by atoms with Crippen molar-refractivity contribution in [1.29, 1.82) is 0 Å². The fourth-order valence-corrected chi connectivity index (χ4v) is 5.34. The minimum absolute atomic E-state index is 0.198. The smallest absolute Gasteiger partial charge is 0.410 e. The molecule has 1 N–H and O–H groups in total. The number of benzene rings is 1. The third-order valence-corrected chi connectivity index (χ3v) is 7.48. The molecule has 0 saturated carbocycles. The van der Waals surface area contributed by atoms with Crippen molar-refractivity contribution in [1.82, 2.24) is 34.3 Å². The molecule has 2 saturated heterocycles. The number of hydrogen-bond acceptors (Lipinski definition) is 7. The molecule has 1 aromatic carbocycles. The number of nitrogens with zero attached hydrogens (tertiary/aromatic N) is 6. The molecule has 4 heterocycles. The summed E-state index contributed by atoms with van der Waals surface area (Å²) in [7, 11) is 1.67. The summed E-state index contributed by atoms with van der Waals surface area (Å²) in [5.41, 5.74) is 2.01. The first-order valence-electron chi connectivity index (χ1n) is 13.4. The molecule has 2 aromatic heterocycles. The average Bonchev–Trinajstić information content (AvgIpc) is 3.45. The predicted molar refractivity (Wildman–Crippen MR) is 143 cm³/mol. The molecule has 3 amide bonds. The Balaban J connectivity index is 1.23. The highest BCUT2D eigenvalue weighted by atomic mass is 16.6. The number of imidazole rings is 1. The Morgan fingerprint density at radius 1 is 1.10 bits per heavy atom. The minimum Gasteiger partial charge on any atom is -0.444 e. The van der Waals surface area contributed by atoms with Gasteiger partial charge in [-0.1, -0.05) is 11.3 Å². The van der Waals surface area contributed by atoms with Crippen molar-refractivity contribution >= 4 is 28.9 Å². The molecule has 2 aliphatic rings. The van der Waals surface area contributed by atoms with Gasteiger partial charge in [-0.15, -0.1) is 5.10 Å². The van der Waals surface area contributed by atoms with Crippen molar-refractivity contribution in [2.45, 2.75) is 71.1 Å². The number of ether oxygens (including phenoxy) is 1. The van der Waals surface area contributed by atoms with Crippen molar-refractivity contribution in [3.8, 4) is 11.3 Å². The Kier molecular flexibility index (Phi) is 7.04. The number of piperidine rings is 2. The summed E-state index contributed by atoms with van der Waals surface area (Å²) in [5, 5.41) is 11.0. The molecule has 0 bridgehead atoms. The molecule has 12 nitrogen and oxygen atoms in total. The molecule has 5 rings (SSSR count). The van der Waals surface area contributed by atoms with Gasteiger partial charge in [-0.2, -0.15) is 0 Å². The molecular formula is C27H35N7O5. The first-order chi connectivity index (χ1) is 18.5. The van der Waals surface area contributed by atoms with Crippen LogP contribution >= 0.6 is 0 Å². The van der Waals surface area contributed by atoms with Gasteiger partial charge in [0.05, 0.1) is 17.2 Å². The first kappa shape index (κ1) is 26.6. The van der Waals surface area contributed by atoms with Crippen LogP contribution in [-0.2, 0) is 27.9 Å². The standard InChI is InChI=1S/C27H35N7O5/c1-27(2,3)39-26(38)32-12-9-17(10-13-32)11-14-33-16-19(29-30-33)18-5-6-20-22(15-18)31(4)25(37)34(20)21-7-8-23(35)28-24(21)36/h5-6,15-17,21H,7-14H2,1-4H3,(H,28,35,36). The van der Waals surface area contributed by atoms with Crippen LogP contribution in [0, 0.1) is 5.92 Å². The number of amides is 3. The van der Waals surface area contributed by atoms with Gasteiger partial charge >= 0.3 is 11.8 Å². The largest absolute Gasteiger partial charge is 0.444 e. The second-order valence-electron chi connectivity index (χ2n) is 11.4. The number of rotatable bonds is 5. The molecule has 3 aromatic rings. The monoisotopic (exact) mass is 537 g/mol. The van der Waals surface area contributed by atoms with E-state index in [4.69, 9.17) is 4.74 Å². The molecule has 39 heavy (non-hydrogen) atoms. The topological polar surface area (TPSA) is 133 Å². The van der Waals surface area contributed by atoms with Crippen LogP contribution in [0.15, 0.2) is 29.2 Å². The Bertz CT molecular complexity index is 1470. The summed E-state index contributed by atoms with van der Waals surface area (Å²) >= 11 is 0. The van der Waals surface area contributed by atoms with E-state index in [1.165, 1.54) is 9.13 Å². The van der Waals surface area contributed by atoms with Crippen LogP contribution in [0.5, 0.6) is 0 Å². The van der Waals surface area contributed by atoms with Crippen LogP contribution in [0.3, 0.4) is 0 Å². The number of imide groups is 1. The molecule has 0 aliphatic carbocycles. The number of aryl methyl sites for hydroxylation is 2. The summed E-state index contributed by atoms with van der Waals surface area (Å²) < 4.78 is 10.3. The van der Waals surface area contributed by atoms with E-state index in [1.807, 2.05) is 49.8 Å². The van der Waals surface area contributed by atoms with E-state index in [9.17, 15) is 19.2 Å². The Hall–Kier alpha value is -3.96. The zero-order chi connectivity index (χ0) is 27.9. The zero-order valence-electron chi connectivity index (χ0n) is 22.8. The van der Waals surface area contributed by atoms with Crippen molar-refractivity contribution in [2.24, 2.45) is 13.0 Å². The maximum atomic E-state index is 13.0. The summed E-state index contributed by atoms with van der Waals surface area (Å²) in [6, 6.07) is 4.83. The second kappa shape index (κ2) is 10.3.